The molecule has 57 heavy (non-hydrogen) atoms. The standard InChI is InChI=1S/C45H66N4O8/c1-31(2)13-15-33-35(54-27-11-9-19-47-21-17-46-18-22-47)29-37-40(41(33)50)42(51)39-34(16-14-32(3)4)43(53-8)38(30-36(39)56-37)55-28-12-10-20-48-23-25-49(26-24-48)44(52)57-45(5,6)7/h13-14,29-30,46,50H,9-12,15-28H2,1-8H3. The number of rotatable bonds is 17. The third-order valence-corrected chi connectivity index (χ3v) is 10.4. The number of amides is 1. The number of piperazine rings is 2. The fourth-order valence-electron chi connectivity index (χ4n) is 7.32. The molecule has 12 nitrogen and oxygen atoms in total. The molecular formula is C45H66N4O8. The molecule has 2 N–H and O–H groups in total. The summed E-state index contributed by atoms with van der Waals surface area (Å²) in [5.74, 6) is 1.38. The van der Waals surface area contributed by atoms with Gasteiger partial charge in [-0.2, -0.15) is 0 Å². The second kappa shape index (κ2) is 20.4. The maximum Gasteiger partial charge on any atom is 0.410 e. The number of allylic oxidation sites excluding steroid dienone is 4. The molecule has 0 spiro atoms. The summed E-state index contributed by atoms with van der Waals surface area (Å²) in [6.07, 6.45) is 8.25. The molecular weight excluding hydrogens is 725 g/mol. The number of carbonyl (C=O) groups is 1. The summed E-state index contributed by atoms with van der Waals surface area (Å²) in [4.78, 5) is 33.6. The number of aromatic hydroxyl groups is 1. The summed E-state index contributed by atoms with van der Waals surface area (Å²) in [6, 6.07) is 3.50. The molecule has 3 aromatic rings. The second-order valence-corrected chi connectivity index (χ2v) is 16.7. The van der Waals surface area contributed by atoms with Crippen LogP contribution in [0.5, 0.6) is 23.0 Å². The molecule has 0 radical (unpaired) electrons. The van der Waals surface area contributed by atoms with Crippen LogP contribution in [0.3, 0.4) is 0 Å². The van der Waals surface area contributed by atoms with E-state index in [9.17, 15) is 14.7 Å². The molecule has 1 aromatic heterocycles. The summed E-state index contributed by atoms with van der Waals surface area (Å²) < 4.78 is 30.7. The number of benzene rings is 2. The van der Waals surface area contributed by atoms with E-state index in [0.29, 0.717) is 78.5 Å². The lowest BCUT2D eigenvalue weighted by Gasteiger charge is -2.35. The molecule has 12 heteroatoms. The summed E-state index contributed by atoms with van der Waals surface area (Å²) in [6.45, 7) is 23.6. The fraction of sp³-hybridized carbons (Fsp3) is 0.600. The number of nitrogens with zero attached hydrogens (tertiary/aromatic N) is 3. The Balaban J connectivity index is 1.36. The zero-order valence-corrected chi connectivity index (χ0v) is 35.7. The molecule has 2 aromatic carbocycles. The largest absolute Gasteiger partial charge is 0.507 e. The molecule has 0 aliphatic carbocycles. The number of nitrogens with one attached hydrogen (secondary N) is 1. The topological polar surface area (TPSA) is 126 Å². The molecule has 2 fully saturated rings. The number of unbranched alkanes of at least 4 members (excludes halogenated alkanes) is 2. The number of ether oxygens (including phenoxy) is 4. The Labute approximate surface area is 338 Å². The average molecular weight is 791 g/mol. The number of hydrogen-bond donors (Lipinski definition) is 2. The Bertz CT molecular complexity index is 1940. The van der Waals surface area contributed by atoms with E-state index in [1.54, 1.807) is 24.1 Å². The lowest BCUT2D eigenvalue weighted by atomic mass is 9.98. The fourth-order valence-corrected chi connectivity index (χ4v) is 7.32. The zero-order valence-electron chi connectivity index (χ0n) is 35.7. The first-order chi connectivity index (χ1) is 27.3. The van der Waals surface area contributed by atoms with Gasteiger partial charge in [-0.15, -0.1) is 0 Å². The van der Waals surface area contributed by atoms with Crippen molar-refractivity contribution in [3.63, 3.8) is 0 Å². The van der Waals surface area contributed by atoms with Crippen molar-refractivity contribution in [2.75, 3.05) is 85.8 Å². The van der Waals surface area contributed by atoms with Crippen LogP contribution >= 0.6 is 0 Å². The zero-order chi connectivity index (χ0) is 41.1. The number of phenolic OH excluding ortho intramolecular Hbond substituents is 1. The molecule has 1 amide bonds. The van der Waals surface area contributed by atoms with Gasteiger partial charge in [0.2, 0.25) is 5.43 Å². The third kappa shape index (κ3) is 12.1. The van der Waals surface area contributed by atoms with Crippen molar-refractivity contribution in [1.29, 1.82) is 0 Å². The lowest BCUT2D eigenvalue weighted by Crippen LogP contribution is -2.50. The van der Waals surface area contributed by atoms with Crippen LogP contribution in [0, 0.1) is 0 Å². The first kappa shape index (κ1) is 43.9. The van der Waals surface area contributed by atoms with Crippen LogP contribution in [0.1, 0.15) is 85.3 Å². The van der Waals surface area contributed by atoms with E-state index in [-0.39, 0.29) is 28.2 Å². The number of hydrogen-bond acceptors (Lipinski definition) is 11. The minimum Gasteiger partial charge on any atom is -0.507 e. The summed E-state index contributed by atoms with van der Waals surface area (Å²) in [5, 5.41) is 15.7. The molecule has 3 heterocycles. The Hall–Kier alpha value is -4.26. The molecule has 2 aliphatic heterocycles. The lowest BCUT2D eigenvalue weighted by molar-refractivity contribution is 0.0143. The SMILES string of the molecule is COc1c(OCCCCN2CCN(C(=O)OC(C)(C)C)CC2)cc2oc3cc(OCCCCN4CCNCC4)c(CC=C(C)C)c(O)c3c(=O)c2c1CC=C(C)C. The van der Waals surface area contributed by atoms with Gasteiger partial charge < -0.3 is 43.6 Å². The summed E-state index contributed by atoms with van der Waals surface area (Å²) in [7, 11) is 1.59. The highest BCUT2D eigenvalue weighted by Gasteiger charge is 2.27. The van der Waals surface area contributed by atoms with Crippen LogP contribution in [0.2, 0.25) is 0 Å². The van der Waals surface area contributed by atoms with Crippen molar-refractivity contribution < 1.29 is 33.3 Å². The maximum atomic E-state index is 14.5. The monoisotopic (exact) mass is 790 g/mol. The van der Waals surface area contributed by atoms with E-state index in [0.717, 1.165) is 89.2 Å². The van der Waals surface area contributed by atoms with Gasteiger partial charge in [-0.25, -0.2) is 4.79 Å². The van der Waals surface area contributed by atoms with Crippen LogP contribution in [0.4, 0.5) is 4.79 Å². The van der Waals surface area contributed by atoms with Crippen LogP contribution in [0.25, 0.3) is 21.9 Å². The number of phenols is 1. The predicted octanol–water partition coefficient (Wildman–Crippen LogP) is 7.45. The van der Waals surface area contributed by atoms with E-state index in [1.165, 1.54) is 0 Å². The van der Waals surface area contributed by atoms with Gasteiger partial charge >= 0.3 is 6.09 Å². The Kier molecular flexibility index (Phi) is 15.7. The van der Waals surface area contributed by atoms with Crippen molar-refractivity contribution in [2.45, 2.75) is 92.6 Å². The molecule has 2 aliphatic rings. The normalized spacial score (nSPS) is 15.5. The smallest absolute Gasteiger partial charge is 0.410 e. The number of fused-ring (bicyclic) bond motifs is 2. The van der Waals surface area contributed by atoms with Crippen LogP contribution in [-0.4, -0.2) is 117 Å². The predicted molar refractivity (Wildman–Crippen MR) is 227 cm³/mol. The van der Waals surface area contributed by atoms with Gasteiger partial charge in [0.1, 0.15) is 33.7 Å². The van der Waals surface area contributed by atoms with Gasteiger partial charge in [0.25, 0.3) is 0 Å². The minimum atomic E-state index is -0.505. The van der Waals surface area contributed by atoms with E-state index in [2.05, 4.69) is 15.1 Å². The number of methoxy groups -OCH3 is 1. The second-order valence-electron chi connectivity index (χ2n) is 16.7. The third-order valence-electron chi connectivity index (χ3n) is 10.4. The van der Waals surface area contributed by atoms with Gasteiger partial charge in [-0.1, -0.05) is 23.3 Å². The Morgan fingerprint density at radius 2 is 1.33 bits per heavy atom. The van der Waals surface area contributed by atoms with Gasteiger partial charge in [0.15, 0.2) is 11.5 Å². The molecule has 5 rings (SSSR count). The van der Waals surface area contributed by atoms with Gasteiger partial charge in [-0.05, 0) is 100 Å². The Morgan fingerprint density at radius 1 is 0.789 bits per heavy atom. The molecule has 0 unspecified atom stereocenters. The van der Waals surface area contributed by atoms with Crippen LogP contribution < -0.4 is 25.0 Å². The van der Waals surface area contributed by atoms with E-state index in [4.69, 9.17) is 23.4 Å². The molecule has 314 valence electrons. The highest BCUT2D eigenvalue weighted by Crippen LogP contribution is 2.42. The highest BCUT2D eigenvalue weighted by atomic mass is 16.6. The molecule has 0 atom stereocenters. The average Bonchev–Trinajstić information content (AvgIpc) is 3.16. The summed E-state index contributed by atoms with van der Waals surface area (Å²) >= 11 is 0. The first-order valence-corrected chi connectivity index (χ1v) is 20.8. The van der Waals surface area contributed by atoms with Crippen LogP contribution in [0.15, 0.2) is 44.6 Å². The van der Waals surface area contributed by atoms with E-state index in [1.807, 2.05) is 60.6 Å². The van der Waals surface area contributed by atoms with Crippen molar-refractivity contribution in [3.05, 3.63) is 56.8 Å². The van der Waals surface area contributed by atoms with E-state index >= 15 is 0 Å². The molecule has 0 bridgehead atoms. The van der Waals surface area contributed by atoms with E-state index < -0.39 is 5.60 Å². The quantitative estimate of drug-likeness (QED) is 0.0805. The van der Waals surface area contributed by atoms with Gasteiger partial charge in [0, 0.05) is 75.6 Å². The Morgan fingerprint density at radius 3 is 1.91 bits per heavy atom. The van der Waals surface area contributed by atoms with Gasteiger partial charge in [-0.3, -0.25) is 9.69 Å². The van der Waals surface area contributed by atoms with Crippen molar-refractivity contribution in [3.8, 4) is 23.0 Å². The van der Waals surface area contributed by atoms with Crippen molar-refractivity contribution >= 4 is 28.0 Å². The first-order valence-electron chi connectivity index (χ1n) is 20.8. The number of carbonyl (C=O) groups excluding carboxylic acids is 1. The maximum absolute atomic E-state index is 14.5. The minimum absolute atomic E-state index is 0.116. The van der Waals surface area contributed by atoms with Crippen molar-refractivity contribution in [1.82, 2.24) is 20.0 Å². The summed E-state index contributed by atoms with van der Waals surface area (Å²) in [5.41, 5.74) is 3.21. The van der Waals surface area contributed by atoms with Gasteiger partial charge in [0.05, 0.1) is 25.7 Å². The molecule has 2 saturated heterocycles. The molecule has 0 saturated carbocycles. The van der Waals surface area contributed by atoms with Crippen LogP contribution in [-0.2, 0) is 17.6 Å². The highest BCUT2D eigenvalue weighted by molar-refractivity contribution is 5.98. The van der Waals surface area contributed by atoms with Crippen molar-refractivity contribution in [2.24, 2.45) is 0 Å².